The Morgan fingerprint density at radius 2 is 2.08 bits per heavy atom. The van der Waals surface area contributed by atoms with E-state index in [1.165, 1.54) is 0 Å². The quantitative estimate of drug-likeness (QED) is 0.593. The maximum Gasteiger partial charge on any atom is 0.309 e. The summed E-state index contributed by atoms with van der Waals surface area (Å²) < 4.78 is 27.3. The van der Waals surface area contributed by atoms with E-state index in [4.69, 9.17) is 4.18 Å². The first-order chi connectivity index (χ1) is 6.08. The lowest BCUT2D eigenvalue weighted by Gasteiger charge is -2.21. The van der Waals surface area contributed by atoms with Gasteiger partial charge in [0.25, 0.3) is 0 Å². The molecule has 0 N–H and O–H groups in total. The number of benzene rings is 1. The predicted molar refractivity (Wildman–Crippen MR) is 49.3 cm³/mol. The van der Waals surface area contributed by atoms with Gasteiger partial charge in [-0.1, -0.05) is 25.1 Å². The van der Waals surface area contributed by atoms with Crippen molar-refractivity contribution in [2.75, 3.05) is 5.75 Å². The molecule has 13 heavy (non-hydrogen) atoms. The average molecular weight is 198 g/mol. The van der Waals surface area contributed by atoms with E-state index in [1.54, 1.807) is 12.1 Å². The van der Waals surface area contributed by atoms with E-state index in [0.29, 0.717) is 5.75 Å². The van der Waals surface area contributed by atoms with Gasteiger partial charge in [-0.2, -0.15) is 8.42 Å². The zero-order valence-electron chi connectivity index (χ0n) is 7.23. The molecule has 0 radical (unpaired) electrons. The lowest BCUT2D eigenvalue weighted by atomic mass is 10.0. The molecular formula is C9H10O3S. The Bertz CT molecular complexity index is 422. The number of hydrogen-bond acceptors (Lipinski definition) is 3. The normalized spacial score (nSPS) is 24.5. The highest BCUT2D eigenvalue weighted by Crippen LogP contribution is 2.33. The Kier molecular flexibility index (Phi) is 1.80. The third-order valence-electron chi connectivity index (χ3n) is 2.12. The summed E-state index contributed by atoms with van der Waals surface area (Å²) in [5, 5.41) is 0. The number of rotatable bonds is 0. The van der Waals surface area contributed by atoms with Crippen LogP contribution in [0.25, 0.3) is 0 Å². The molecule has 1 heterocycles. The highest BCUT2D eigenvalue weighted by atomic mass is 32.2. The Morgan fingerprint density at radius 1 is 1.38 bits per heavy atom. The second-order valence-corrected chi connectivity index (χ2v) is 4.86. The van der Waals surface area contributed by atoms with Gasteiger partial charge in [0.05, 0.1) is 5.75 Å². The Labute approximate surface area is 77.5 Å². The van der Waals surface area contributed by atoms with Crippen molar-refractivity contribution in [3.05, 3.63) is 29.8 Å². The minimum Gasteiger partial charge on any atom is -0.382 e. The van der Waals surface area contributed by atoms with Crippen molar-refractivity contribution in [2.24, 2.45) is 0 Å². The van der Waals surface area contributed by atoms with Crippen molar-refractivity contribution in [1.82, 2.24) is 0 Å². The van der Waals surface area contributed by atoms with Crippen molar-refractivity contribution in [3.63, 3.8) is 0 Å². The molecule has 0 aliphatic carbocycles. The first-order valence-electron chi connectivity index (χ1n) is 4.09. The second-order valence-electron chi connectivity index (χ2n) is 3.25. The van der Waals surface area contributed by atoms with Crippen LogP contribution in [-0.4, -0.2) is 14.2 Å². The molecule has 70 valence electrons. The maximum atomic E-state index is 11.2. The van der Waals surface area contributed by atoms with Crippen LogP contribution < -0.4 is 4.18 Å². The van der Waals surface area contributed by atoms with E-state index in [1.807, 2.05) is 19.1 Å². The second kappa shape index (κ2) is 2.73. The zero-order valence-corrected chi connectivity index (χ0v) is 8.04. The molecule has 3 nitrogen and oxygen atoms in total. The summed E-state index contributed by atoms with van der Waals surface area (Å²) in [6.07, 6.45) is 0. The van der Waals surface area contributed by atoms with E-state index < -0.39 is 10.1 Å². The third-order valence-corrected chi connectivity index (χ3v) is 3.46. The lowest BCUT2D eigenvalue weighted by molar-refractivity contribution is 0.463. The fraction of sp³-hybridized carbons (Fsp3) is 0.333. The van der Waals surface area contributed by atoms with E-state index in [-0.39, 0.29) is 11.7 Å². The monoisotopic (exact) mass is 198 g/mol. The molecule has 0 saturated carbocycles. The van der Waals surface area contributed by atoms with Gasteiger partial charge in [0.15, 0.2) is 0 Å². The van der Waals surface area contributed by atoms with Crippen LogP contribution in [0.3, 0.4) is 0 Å². The molecule has 0 amide bonds. The summed E-state index contributed by atoms with van der Waals surface area (Å²) >= 11 is 0. The summed E-state index contributed by atoms with van der Waals surface area (Å²) in [6, 6.07) is 7.24. The van der Waals surface area contributed by atoms with E-state index in [2.05, 4.69) is 0 Å². The van der Waals surface area contributed by atoms with Crippen LogP contribution in [0.2, 0.25) is 0 Å². The maximum absolute atomic E-state index is 11.2. The standard InChI is InChI=1S/C9H10O3S/c1-7-6-13(10,11)12-9-5-3-2-4-8(7)9/h2-5,7H,6H2,1H3. The highest BCUT2D eigenvalue weighted by molar-refractivity contribution is 7.87. The molecule has 1 aliphatic heterocycles. The molecule has 1 aromatic carbocycles. The molecule has 0 fully saturated rings. The molecule has 0 bridgehead atoms. The van der Waals surface area contributed by atoms with Gasteiger partial charge in [-0.3, -0.25) is 0 Å². The predicted octanol–water partition coefficient (Wildman–Crippen LogP) is 1.51. The van der Waals surface area contributed by atoms with Crippen LogP contribution in [0.1, 0.15) is 18.4 Å². The van der Waals surface area contributed by atoms with Crippen molar-refractivity contribution in [2.45, 2.75) is 12.8 Å². The Balaban J connectivity index is 2.55. The van der Waals surface area contributed by atoms with Gasteiger partial charge < -0.3 is 4.18 Å². The summed E-state index contributed by atoms with van der Waals surface area (Å²) in [6.45, 7) is 1.89. The highest BCUT2D eigenvalue weighted by Gasteiger charge is 2.27. The minimum absolute atomic E-state index is 0.0231. The molecular weight excluding hydrogens is 188 g/mol. The Hall–Kier alpha value is -1.03. The summed E-state index contributed by atoms with van der Waals surface area (Å²) in [5.74, 6) is 0.570. The van der Waals surface area contributed by atoms with Gasteiger partial charge in [-0.15, -0.1) is 0 Å². The molecule has 2 rings (SSSR count). The lowest BCUT2D eigenvalue weighted by Crippen LogP contribution is -2.23. The van der Waals surface area contributed by atoms with Crippen LogP contribution >= 0.6 is 0 Å². The average Bonchev–Trinajstić information content (AvgIpc) is 2.02. The van der Waals surface area contributed by atoms with E-state index in [0.717, 1.165) is 5.56 Å². The molecule has 0 saturated heterocycles. The van der Waals surface area contributed by atoms with Gasteiger partial charge in [0.2, 0.25) is 0 Å². The van der Waals surface area contributed by atoms with Crippen molar-refractivity contribution in [3.8, 4) is 5.75 Å². The van der Waals surface area contributed by atoms with Crippen LogP contribution in [0.5, 0.6) is 5.75 Å². The van der Waals surface area contributed by atoms with Gasteiger partial charge in [-0.05, 0) is 11.6 Å². The van der Waals surface area contributed by atoms with Crippen molar-refractivity contribution >= 4 is 10.1 Å². The largest absolute Gasteiger partial charge is 0.382 e. The topological polar surface area (TPSA) is 43.4 Å². The number of fused-ring (bicyclic) bond motifs is 1. The smallest absolute Gasteiger partial charge is 0.309 e. The van der Waals surface area contributed by atoms with Crippen LogP contribution in [0.4, 0.5) is 0 Å². The molecule has 1 aliphatic rings. The van der Waals surface area contributed by atoms with Crippen LogP contribution in [0, 0.1) is 0 Å². The molecule has 0 spiro atoms. The summed E-state index contributed by atoms with van der Waals surface area (Å²) in [4.78, 5) is 0. The molecule has 0 aromatic heterocycles. The summed E-state index contributed by atoms with van der Waals surface area (Å²) in [5.41, 5.74) is 0.970. The van der Waals surface area contributed by atoms with Crippen molar-refractivity contribution < 1.29 is 12.6 Å². The van der Waals surface area contributed by atoms with Gasteiger partial charge >= 0.3 is 10.1 Å². The summed E-state index contributed by atoms with van der Waals surface area (Å²) in [7, 11) is -3.35. The molecule has 1 aromatic rings. The fourth-order valence-electron chi connectivity index (χ4n) is 1.53. The molecule has 4 heteroatoms. The van der Waals surface area contributed by atoms with Crippen LogP contribution in [0.15, 0.2) is 24.3 Å². The van der Waals surface area contributed by atoms with Gasteiger partial charge in [-0.25, -0.2) is 0 Å². The SMILES string of the molecule is CC1CS(=O)(=O)Oc2ccccc21. The first-order valence-corrected chi connectivity index (χ1v) is 5.67. The number of hydrogen-bond donors (Lipinski definition) is 0. The van der Waals surface area contributed by atoms with E-state index >= 15 is 0 Å². The minimum atomic E-state index is -3.35. The zero-order chi connectivity index (χ0) is 9.47. The Morgan fingerprint density at radius 3 is 2.85 bits per heavy atom. The van der Waals surface area contributed by atoms with Crippen LogP contribution in [-0.2, 0) is 10.1 Å². The van der Waals surface area contributed by atoms with Crippen molar-refractivity contribution in [1.29, 1.82) is 0 Å². The fourth-order valence-corrected chi connectivity index (χ4v) is 2.82. The third kappa shape index (κ3) is 1.54. The molecule has 1 unspecified atom stereocenters. The first kappa shape index (κ1) is 8.56. The molecule has 1 atom stereocenters. The number of para-hydroxylation sites is 1. The van der Waals surface area contributed by atoms with Gasteiger partial charge in [0.1, 0.15) is 5.75 Å². The van der Waals surface area contributed by atoms with Gasteiger partial charge in [0, 0.05) is 5.92 Å². The van der Waals surface area contributed by atoms with E-state index in [9.17, 15) is 8.42 Å².